The van der Waals surface area contributed by atoms with Gasteiger partial charge in [-0.2, -0.15) is 0 Å². The number of carbonyl (C=O) groups excluding carboxylic acids is 1. The maximum Gasteiger partial charge on any atom is 0.260 e. The zero-order valence-corrected chi connectivity index (χ0v) is 15.3. The lowest BCUT2D eigenvalue weighted by molar-refractivity contribution is -0.136. The van der Waals surface area contributed by atoms with E-state index < -0.39 is 15.1 Å². The summed E-state index contributed by atoms with van der Waals surface area (Å²) in [6.07, 6.45) is 0. The Labute approximate surface area is 152 Å². The zero-order chi connectivity index (χ0) is 18.0. The second-order valence-electron chi connectivity index (χ2n) is 6.02. The molecule has 25 heavy (non-hydrogen) atoms. The molecule has 1 heterocycles. The van der Waals surface area contributed by atoms with E-state index in [0.29, 0.717) is 10.8 Å². The van der Waals surface area contributed by atoms with E-state index in [1.807, 2.05) is 19.1 Å². The first kappa shape index (κ1) is 17.8. The minimum Gasteiger partial charge on any atom is -0.484 e. The summed E-state index contributed by atoms with van der Waals surface area (Å²) in [5.74, 6) is 0.396. The number of sulfone groups is 1. The van der Waals surface area contributed by atoms with Gasteiger partial charge in [-0.05, 0) is 43.3 Å². The second kappa shape index (κ2) is 7.06. The van der Waals surface area contributed by atoms with Gasteiger partial charge in [0.2, 0.25) is 0 Å². The predicted octanol–water partition coefficient (Wildman–Crippen LogP) is 2.71. The highest BCUT2D eigenvalue weighted by Gasteiger charge is 2.40. The molecule has 5 nitrogen and oxygen atoms in total. The monoisotopic (exact) mass is 379 g/mol. The van der Waals surface area contributed by atoms with Crippen LogP contribution in [0.2, 0.25) is 5.02 Å². The van der Waals surface area contributed by atoms with E-state index in [9.17, 15) is 13.2 Å². The summed E-state index contributed by atoms with van der Waals surface area (Å²) in [6.45, 7) is 2.23. The number of carbonyl (C=O) groups is 1. The van der Waals surface area contributed by atoms with Gasteiger partial charge in [0.1, 0.15) is 11.0 Å². The van der Waals surface area contributed by atoms with Crippen molar-refractivity contribution in [2.75, 3.05) is 19.7 Å². The van der Waals surface area contributed by atoms with Crippen LogP contribution < -0.4 is 4.74 Å². The second-order valence-corrected chi connectivity index (χ2v) is 8.69. The average molecular weight is 380 g/mol. The molecule has 0 radical (unpaired) electrons. The highest BCUT2D eigenvalue weighted by molar-refractivity contribution is 7.92. The first-order chi connectivity index (χ1) is 11.9. The smallest absolute Gasteiger partial charge is 0.260 e. The molecule has 0 saturated carbocycles. The standard InChI is InChI=1S/C18H18ClNO4S/c1-13-2-6-15(7-3-13)24-12-18(21)20-10-17(11-20)25(22,23)16-8-4-14(19)5-9-16/h2-9,17H,10-12H2,1H3. The topological polar surface area (TPSA) is 63.7 Å². The van der Waals surface area contributed by atoms with Gasteiger partial charge in [-0.3, -0.25) is 4.79 Å². The summed E-state index contributed by atoms with van der Waals surface area (Å²) in [5, 5.41) is -0.102. The predicted molar refractivity (Wildman–Crippen MR) is 95.7 cm³/mol. The average Bonchev–Trinajstić information content (AvgIpc) is 2.53. The van der Waals surface area contributed by atoms with Crippen molar-refractivity contribution in [3.8, 4) is 5.75 Å². The van der Waals surface area contributed by atoms with Crippen LogP contribution in [-0.4, -0.2) is 44.2 Å². The van der Waals surface area contributed by atoms with Crippen LogP contribution in [0.4, 0.5) is 0 Å². The van der Waals surface area contributed by atoms with Crippen molar-refractivity contribution in [3.05, 3.63) is 59.1 Å². The summed E-state index contributed by atoms with van der Waals surface area (Å²) in [6, 6.07) is 13.5. The Morgan fingerprint density at radius 1 is 1.12 bits per heavy atom. The Morgan fingerprint density at radius 3 is 2.32 bits per heavy atom. The molecule has 7 heteroatoms. The van der Waals surface area contributed by atoms with E-state index in [1.54, 1.807) is 24.3 Å². The van der Waals surface area contributed by atoms with E-state index in [2.05, 4.69) is 0 Å². The Bertz CT molecular complexity index is 857. The third-order valence-electron chi connectivity index (χ3n) is 4.17. The number of nitrogens with zero attached hydrogens (tertiary/aromatic N) is 1. The fraction of sp³-hybridized carbons (Fsp3) is 0.278. The molecule has 0 aliphatic carbocycles. The lowest BCUT2D eigenvalue weighted by atomic mass is 10.2. The van der Waals surface area contributed by atoms with Crippen LogP contribution in [-0.2, 0) is 14.6 Å². The molecule has 132 valence electrons. The van der Waals surface area contributed by atoms with Crippen LogP contribution in [0.15, 0.2) is 53.4 Å². The molecule has 0 bridgehead atoms. The highest BCUT2D eigenvalue weighted by Crippen LogP contribution is 2.25. The van der Waals surface area contributed by atoms with Gasteiger partial charge < -0.3 is 9.64 Å². The van der Waals surface area contributed by atoms with Gasteiger partial charge in [0.15, 0.2) is 16.4 Å². The molecule has 0 atom stereocenters. The van der Waals surface area contributed by atoms with Gasteiger partial charge in [-0.15, -0.1) is 0 Å². The Morgan fingerprint density at radius 2 is 1.72 bits per heavy atom. The molecule has 2 aromatic rings. The van der Waals surface area contributed by atoms with Crippen LogP contribution in [0.1, 0.15) is 5.56 Å². The SMILES string of the molecule is Cc1ccc(OCC(=O)N2CC(S(=O)(=O)c3ccc(Cl)cc3)C2)cc1. The van der Waals surface area contributed by atoms with Crippen molar-refractivity contribution in [3.63, 3.8) is 0 Å². The van der Waals surface area contributed by atoms with Crippen molar-refractivity contribution < 1.29 is 17.9 Å². The molecule has 1 saturated heterocycles. The van der Waals surface area contributed by atoms with Gasteiger partial charge in [0, 0.05) is 18.1 Å². The summed E-state index contributed by atoms with van der Waals surface area (Å²) in [7, 11) is -3.45. The van der Waals surface area contributed by atoms with E-state index >= 15 is 0 Å². The van der Waals surface area contributed by atoms with Crippen LogP contribution in [0.25, 0.3) is 0 Å². The molecule has 0 aromatic heterocycles. The lowest BCUT2D eigenvalue weighted by Crippen LogP contribution is -2.57. The Hall–Kier alpha value is -2.05. The number of halogens is 1. The normalized spacial score (nSPS) is 14.9. The molecular formula is C18H18ClNO4S. The number of amides is 1. The molecule has 2 aromatic carbocycles. The third-order valence-corrected chi connectivity index (χ3v) is 6.52. The number of aryl methyl sites for hydroxylation is 1. The summed E-state index contributed by atoms with van der Waals surface area (Å²) in [4.78, 5) is 13.8. The number of rotatable bonds is 5. The molecule has 0 unspecified atom stereocenters. The van der Waals surface area contributed by atoms with Crippen LogP contribution in [0, 0.1) is 6.92 Å². The summed E-state index contributed by atoms with van der Waals surface area (Å²) < 4.78 is 30.4. The Kier molecular flexibility index (Phi) is 5.01. The first-order valence-corrected chi connectivity index (χ1v) is 9.75. The number of benzene rings is 2. The minimum atomic E-state index is -3.45. The van der Waals surface area contributed by atoms with Gasteiger partial charge in [-0.1, -0.05) is 29.3 Å². The van der Waals surface area contributed by atoms with E-state index in [1.165, 1.54) is 17.0 Å². The maximum absolute atomic E-state index is 12.5. The summed E-state index contributed by atoms with van der Waals surface area (Å²) in [5.41, 5.74) is 1.11. The van der Waals surface area contributed by atoms with Crippen LogP contribution in [0.5, 0.6) is 5.75 Å². The molecule has 0 spiro atoms. The van der Waals surface area contributed by atoms with Crippen LogP contribution in [0.3, 0.4) is 0 Å². The number of hydrogen-bond acceptors (Lipinski definition) is 4. The maximum atomic E-state index is 12.5. The quantitative estimate of drug-likeness (QED) is 0.801. The molecule has 0 N–H and O–H groups in total. The first-order valence-electron chi connectivity index (χ1n) is 7.83. The molecule has 1 aliphatic heterocycles. The minimum absolute atomic E-state index is 0.100. The van der Waals surface area contributed by atoms with Gasteiger partial charge in [0.05, 0.1) is 4.90 Å². The van der Waals surface area contributed by atoms with Gasteiger partial charge in [-0.25, -0.2) is 8.42 Å². The van der Waals surface area contributed by atoms with Crippen molar-refractivity contribution in [1.29, 1.82) is 0 Å². The van der Waals surface area contributed by atoms with Crippen LogP contribution >= 0.6 is 11.6 Å². The lowest BCUT2D eigenvalue weighted by Gasteiger charge is -2.38. The number of likely N-dealkylation sites (tertiary alicyclic amines) is 1. The number of ether oxygens (including phenoxy) is 1. The Balaban J connectivity index is 1.53. The van der Waals surface area contributed by atoms with E-state index in [-0.39, 0.29) is 30.5 Å². The number of hydrogen-bond donors (Lipinski definition) is 0. The molecule has 1 amide bonds. The zero-order valence-electron chi connectivity index (χ0n) is 13.7. The molecule has 1 fully saturated rings. The fourth-order valence-electron chi connectivity index (χ4n) is 2.53. The third kappa shape index (κ3) is 3.96. The van der Waals surface area contributed by atoms with Gasteiger partial charge in [0.25, 0.3) is 5.91 Å². The largest absolute Gasteiger partial charge is 0.484 e. The summed E-state index contributed by atoms with van der Waals surface area (Å²) >= 11 is 5.79. The van der Waals surface area contributed by atoms with Crippen molar-refractivity contribution in [1.82, 2.24) is 4.90 Å². The fourth-order valence-corrected chi connectivity index (χ4v) is 4.30. The van der Waals surface area contributed by atoms with Crippen molar-refractivity contribution >= 4 is 27.3 Å². The molecular weight excluding hydrogens is 362 g/mol. The van der Waals surface area contributed by atoms with E-state index in [0.717, 1.165) is 5.56 Å². The van der Waals surface area contributed by atoms with Gasteiger partial charge >= 0.3 is 0 Å². The molecule has 1 aliphatic rings. The van der Waals surface area contributed by atoms with Crippen molar-refractivity contribution in [2.45, 2.75) is 17.1 Å². The van der Waals surface area contributed by atoms with E-state index in [4.69, 9.17) is 16.3 Å². The van der Waals surface area contributed by atoms with Crippen molar-refractivity contribution in [2.24, 2.45) is 0 Å². The molecule has 3 rings (SSSR count). The highest BCUT2D eigenvalue weighted by atomic mass is 35.5.